The van der Waals surface area contributed by atoms with E-state index in [4.69, 9.17) is 10.00 Å². The fourth-order valence-electron chi connectivity index (χ4n) is 4.09. The number of carbonyl (C=O) groups excluding carboxylic acids is 2. The molecule has 0 aromatic heterocycles. The van der Waals surface area contributed by atoms with Crippen LogP contribution in [0.4, 0.5) is 5.69 Å². The number of nitriles is 1. The number of hydrogen-bond acceptors (Lipinski definition) is 5. The second-order valence-corrected chi connectivity index (χ2v) is 8.26. The van der Waals surface area contributed by atoms with E-state index in [1.54, 1.807) is 12.0 Å². The van der Waals surface area contributed by atoms with Crippen molar-refractivity contribution in [1.29, 1.82) is 5.26 Å². The van der Waals surface area contributed by atoms with E-state index in [9.17, 15) is 9.59 Å². The number of anilines is 1. The Bertz CT molecular complexity index is 950. The van der Waals surface area contributed by atoms with Gasteiger partial charge in [0, 0.05) is 50.7 Å². The molecule has 1 aliphatic rings. The van der Waals surface area contributed by atoms with E-state index in [1.165, 1.54) is 5.56 Å². The van der Waals surface area contributed by atoms with Crippen molar-refractivity contribution in [2.45, 2.75) is 44.7 Å². The van der Waals surface area contributed by atoms with Crippen molar-refractivity contribution < 1.29 is 14.3 Å². The van der Waals surface area contributed by atoms with Crippen LogP contribution in [0.1, 0.15) is 37.7 Å². The van der Waals surface area contributed by atoms with Crippen molar-refractivity contribution in [3.63, 3.8) is 0 Å². The summed E-state index contributed by atoms with van der Waals surface area (Å²) in [7, 11) is 1.67. The van der Waals surface area contributed by atoms with Crippen molar-refractivity contribution in [2.24, 2.45) is 0 Å². The smallest absolute Gasteiger partial charge is 0.227 e. The molecule has 0 saturated carbocycles. The third-order valence-electron chi connectivity index (χ3n) is 5.88. The van der Waals surface area contributed by atoms with Crippen molar-refractivity contribution in [3.05, 3.63) is 60.2 Å². The molecule has 7 heteroatoms. The molecule has 2 aromatic carbocycles. The Morgan fingerprint density at radius 2 is 1.88 bits per heavy atom. The lowest BCUT2D eigenvalue weighted by atomic mass is 10.0. The van der Waals surface area contributed by atoms with Gasteiger partial charge in [0.15, 0.2) is 0 Å². The number of piperidine rings is 1. The summed E-state index contributed by atoms with van der Waals surface area (Å²) in [6.07, 6.45) is 2.31. The monoisotopic (exact) mass is 448 g/mol. The Hall–Kier alpha value is -3.37. The van der Waals surface area contributed by atoms with Gasteiger partial charge < -0.3 is 15.0 Å². The highest BCUT2D eigenvalue weighted by molar-refractivity contribution is 5.95. The van der Waals surface area contributed by atoms with Crippen LogP contribution in [0.5, 0.6) is 5.75 Å². The molecular formula is C26H32N4O3. The van der Waals surface area contributed by atoms with Gasteiger partial charge in [0.1, 0.15) is 5.75 Å². The Morgan fingerprint density at radius 3 is 2.58 bits per heavy atom. The van der Waals surface area contributed by atoms with Crippen LogP contribution in [-0.2, 0) is 16.1 Å². The number of carbonyl (C=O) groups is 2. The van der Waals surface area contributed by atoms with Crippen molar-refractivity contribution in [1.82, 2.24) is 10.2 Å². The largest absolute Gasteiger partial charge is 0.497 e. The molecular weight excluding hydrogens is 416 g/mol. The summed E-state index contributed by atoms with van der Waals surface area (Å²) in [6, 6.07) is 19.6. The molecule has 0 radical (unpaired) electrons. The number of rotatable bonds is 10. The molecule has 0 atom stereocenters. The Kier molecular flexibility index (Phi) is 9.28. The molecule has 2 aromatic rings. The molecule has 0 aliphatic carbocycles. The molecule has 1 aliphatic heterocycles. The molecule has 1 heterocycles. The summed E-state index contributed by atoms with van der Waals surface area (Å²) in [4.78, 5) is 29.2. The van der Waals surface area contributed by atoms with Crippen molar-refractivity contribution in [3.8, 4) is 11.8 Å². The number of methoxy groups -OCH3 is 1. The van der Waals surface area contributed by atoms with Gasteiger partial charge in [-0.1, -0.05) is 30.3 Å². The normalized spacial score (nSPS) is 14.3. The first-order valence-electron chi connectivity index (χ1n) is 11.5. The number of nitrogens with one attached hydrogen (secondary N) is 1. The van der Waals surface area contributed by atoms with Gasteiger partial charge in [-0.15, -0.1) is 0 Å². The van der Waals surface area contributed by atoms with Gasteiger partial charge in [-0.05, 0) is 42.7 Å². The van der Waals surface area contributed by atoms with E-state index in [0.29, 0.717) is 6.54 Å². The van der Waals surface area contributed by atoms with Gasteiger partial charge in [0.2, 0.25) is 11.8 Å². The molecule has 0 spiro atoms. The third kappa shape index (κ3) is 7.62. The first kappa shape index (κ1) is 24.3. The van der Waals surface area contributed by atoms with Gasteiger partial charge in [-0.25, -0.2) is 0 Å². The molecule has 174 valence electrons. The molecule has 7 nitrogen and oxygen atoms in total. The molecule has 3 rings (SSSR count). The molecule has 2 amide bonds. The minimum absolute atomic E-state index is 0.0945. The first-order chi connectivity index (χ1) is 16.1. The van der Waals surface area contributed by atoms with E-state index >= 15 is 0 Å². The van der Waals surface area contributed by atoms with Gasteiger partial charge in [0.05, 0.1) is 19.6 Å². The van der Waals surface area contributed by atoms with E-state index in [-0.39, 0.29) is 37.1 Å². The SMILES string of the molecule is COc1cccc(CN2CCC(NC(=O)CCC(=O)N(CCC#N)c3ccccc3)CC2)c1. The zero-order chi connectivity index (χ0) is 23.5. The highest BCUT2D eigenvalue weighted by Crippen LogP contribution is 2.18. The minimum Gasteiger partial charge on any atom is -0.497 e. The Balaban J connectivity index is 1.41. The Labute approximate surface area is 195 Å². The minimum atomic E-state index is -0.139. The molecule has 1 saturated heterocycles. The highest BCUT2D eigenvalue weighted by atomic mass is 16.5. The second-order valence-electron chi connectivity index (χ2n) is 8.26. The van der Waals surface area contributed by atoms with Crippen LogP contribution >= 0.6 is 0 Å². The standard InChI is InChI=1S/C26H32N4O3/c1-33-24-10-5-7-21(19-24)20-29-17-13-22(14-18-29)28-25(31)11-12-26(32)30(16-6-15-27)23-8-3-2-4-9-23/h2-5,7-10,19,22H,6,11-14,16-18,20H2,1H3,(H,28,31). The van der Waals surface area contributed by atoms with Crippen LogP contribution in [0.15, 0.2) is 54.6 Å². The number of nitrogens with zero attached hydrogens (tertiary/aromatic N) is 3. The van der Waals surface area contributed by atoms with E-state index in [1.807, 2.05) is 42.5 Å². The quantitative estimate of drug-likeness (QED) is 0.601. The van der Waals surface area contributed by atoms with E-state index in [0.717, 1.165) is 43.9 Å². The number of benzene rings is 2. The second kappa shape index (κ2) is 12.6. The predicted molar refractivity (Wildman–Crippen MR) is 128 cm³/mol. The van der Waals surface area contributed by atoms with Gasteiger partial charge in [-0.2, -0.15) is 5.26 Å². The summed E-state index contributed by atoms with van der Waals surface area (Å²) in [5.41, 5.74) is 1.97. The maximum atomic E-state index is 12.7. The number of likely N-dealkylation sites (tertiary alicyclic amines) is 1. The van der Waals surface area contributed by atoms with Crippen LogP contribution < -0.4 is 15.0 Å². The Morgan fingerprint density at radius 1 is 1.12 bits per heavy atom. The molecule has 33 heavy (non-hydrogen) atoms. The zero-order valence-electron chi connectivity index (χ0n) is 19.2. The van der Waals surface area contributed by atoms with E-state index < -0.39 is 0 Å². The lowest BCUT2D eigenvalue weighted by Crippen LogP contribution is -2.44. The summed E-state index contributed by atoms with van der Waals surface area (Å²) in [5, 5.41) is 12.0. The molecule has 1 fully saturated rings. The maximum absolute atomic E-state index is 12.7. The lowest BCUT2D eigenvalue weighted by Gasteiger charge is -2.32. The first-order valence-corrected chi connectivity index (χ1v) is 11.5. The van der Waals surface area contributed by atoms with E-state index in [2.05, 4.69) is 28.4 Å². The fraction of sp³-hybridized carbons (Fsp3) is 0.423. The number of hydrogen-bond donors (Lipinski definition) is 1. The molecule has 0 unspecified atom stereocenters. The van der Waals surface area contributed by atoms with Gasteiger partial charge >= 0.3 is 0 Å². The molecule has 1 N–H and O–H groups in total. The van der Waals surface area contributed by atoms with Crippen LogP contribution in [0.25, 0.3) is 0 Å². The van der Waals surface area contributed by atoms with Gasteiger partial charge in [-0.3, -0.25) is 14.5 Å². The summed E-state index contributed by atoms with van der Waals surface area (Å²) < 4.78 is 5.30. The van der Waals surface area contributed by atoms with Crippen LogP contribution in [0, 0.1) is 11.3 Å². The summed E-state index contributed by atoms with van der Waals surface area (Å²) >= 11 is 0. The predicted octanol–water partition coefficient (Wildman–Crippen LogP) is 3.50. The maximum Gasteiger partial charge on any atom is 0.227 e. The average molecular weight is 449 g/mol. The van der Waals surface area contributed by atoms with Crippen molar-refractivity contribution >= 4 is 17.5 Å². The van der Waals surface area contributed by atoms with Crippen LogP contribution in [-0.4, -0.2) is 49.5 Å². The number of amides is 2. The highest BCUT2D eigenvalue weighted by Gasteiger charge is 2.22. The number of ether oxygens (including phenoxy) is 1. The fourth-order valence-corrected chi connectivity index (χ4v) is 4.09. The summed E-state index contributed by atoms with van der Waals surface area (Å²) in [6.45, 7) is 3.02. The van der Waals surface area contributed by atoms with Gasteiger partial charge in [0.25, 0.3) is 0 Å². The van der Waals surface area contributed by atoms with Crippen LogP contribution in [0.2, 0.25) is 0 Å². The molecule has 0 bridgehead atoms. The number of para-hydroxylation sites is 1. The average Bonchev–Trinajstić information content (AvgIpc) is 2.85. The zero-order valence-corrected chi connectivity index (χ0v) is 19.2. The van der Waals surface area contributed by atoms with Crippen LogP contribution in [0.3, 0.4) is 0 Å². The lowest BCUT2D eigenvalue weighted by molar-refractivity contribution is -0.125. The topological polar surface area (TPSA) is 85.7 Å². The summed E-state index contributed by atoms with van der Waals surface area (Å²) in [5.74, 6) is 0.630. The van der Waals surface area contributed by atoms with Crippen molar-refractivity contribution in [2.75, 3.05) is 31.6 Å². The third-order valence-corrected chi connectivity index (χ3v) is 5.88.